The maximum Gasteiger partial charge on any atom is 0.244 e. The van der Waals surface area contributed by atoms with E-state index in [1.54, 1.807) is 59.2 Å². The molecular formula is C23H18ClFN2O3S. The van der Waals surface area contributed by atoms with Gasteiger partial charge in [0, 0.05) is 27.8 Å². The summed E-state index contributed by atoms with van der Waals surface area (Å²) in [4.78, 5) is 12.6. The normalized spacial score (nSPS) is 11.5. The van der Waals surface area contributed by atoms with Crippen molar-refractivity contribution in [1.29, 1.82) is 0 Å². The van der Waals surface area contributed by atoms with Gasteiger partial charge in [0.1, 0.15) is 12.4 Å². The lowest BCUT2D eigenvalue weighted by atomic mass is 10.2. The average molecular weight is 457 g/mol. The number of halogens is 2. The molecule has 1 heterocycles. The van der Waals surface area contributed by atoms with E-state index in [0.717, 1.165) is 0 Å². The minimum absolute atomic E-state index is 0.0708. The molecule has 8 heteroatoms. The van der Waals surface area contributed by atoms with Crippen LogP contribution in [0.25, 0.3) is 10.9 Å². The van der Waals surface area contributed by atoms with Gasteiger partial charge in [0.05, 0.1) is 10.6 Å². The van der Waals surface area contributed by atoms with Gasteiger partial charge in [0.25, 0.3) is 0 Å². The number of hydrogen-bond donors (Lipinski definition) is 1. The van der Waals surface area contributed by atoms with Gasteiger partial charge in [-0.05, 0) is 48.0 Å². The number of sulfone groups is 1. The maximum absolute atomic E-state index is 13.5. The molecule has 158 valence electrons. The van der Waals surface area contributed by atoms with E-state index in [0.29, 0.717) is 27.2 Å². The summed E-state index contributed by atoms with van der Waals surface area (Å²) in [5.41, 5.74) is 1.56. The summed E-state index contributed by atoms with van der Waals surface area (Å²) < 4.78 is 41.3. The van der Waals surface area contributed by atoms with Crippen molar-refractivity contribution in [3.8, 4) is 0 Å². The van der Waals surface area contributed by atoms with E-state index >= 15 is 0 Å². The third kappa shape index (κ3) is 4.78. The summed E-state index contributed by atoms with van der Waals surface area (Å²) in [5.74, 6) is -1.14. The van der Waals surface area contributed by atoms with E-state index < -0.39 is 15.7 Å². The van der Waals surface area contributed by atoms with Crippen molar-refractivity contribution in [2.75, 3.05) is 5.32 Å². The molecule has 0 aliphatic rings. The number of para-hydroxylation sites is 1. The average Bonchev–Trinajstić information content (AvgIpc) is 3.09. The van der Waals surface area contributed by atoms with Gasteiger partial charge in [-0.25, -0.2) is 12.8 Å². The first-order valence-corrected chi connectivity index (χ1v) is 11.5. The molecule has 0 bridgehead atoms. The number of carbonyl (C=O) groups is 1. The van der Waals surface area contributed by atoms with Crippen LogP contribution in [0.4, 0.5) is 10.1 Å². The van der Waals surface area contributed by atoms with Gasteiger partial charge in [-0.1, -0.05) is 41.9 Å². The van der Waals surface area contributed by atoms with E-state index in [1.807, 2.05) is 0 Å². The monoisotopic (exact) mass is 456 g/mol. The van der Waals surface area contributed by atoms with E-state index in [9.17, 15) is 17.6 Å². The third-order valence-electron chi connectivity index (χ3n) is 4.77. The lowest BCUT2D eigenvalue weighted by Gasteiger charge is -2.07. The SMILES string of the molecule is O=C(Cn1cc(S(=O)(=O)Cc2cccc(F)c2)c2ccccc21)Nc1ccc(Cl)cc1. The maximum atomic E-state index is 13.5. The number of hydrogen-bond acceptors (Lipinski definition) is 3. The van der Waals surface area contributed by atoms with Gasteiger partial charge in [0.15, 0.2) is 9.84 Å². The van der Waals surface area contributed by atoms with Crippen LogP contribution in [0.2, 0.25) is 5.02 Å². The summed E-state index contributed by atoms with van der Waals surface area (Å²) in [6, 6.07) is 19.2. The Balaban J connectivity index is 1.64. The Morgan fingerprint density at radius 2 is 1.74 bits per heavy atom. The summed E-state index contributed by atoms with van der Waals surface area (Å²) >= 11 is 5.86. The highest BCUT2D eigenvalue weighted by Gasteiger charge is 2.22. The van der Waals surface area contributed by atoms with Gasteiger partial charge in [-0.3, -0.25) is 4.79 Å². The molecule has 0 saturated heterocycles. The molecular weight excluding hydrogens is 439 g/mol. The summed E-state index contributed by atoms with van der Waals surface area (Å²) in [7, 11) is -3.77. The third-order valence-corrected chi connectivity index (χ3v) is 6.74. The number of fused-ring (bicyclic) bond motifs is 1. The van der Waals surface area contributed by atoms with Crippen LogP contribution >= 0.6 is 11.6 Å². The lowest BCUT2D eigenvalue weighted by Crippen LogP contribution is -2.18. The van der Waals surface area contributed by atoms with Crippen LogP contribution in [-0.2, 0) is 26.9 Å². The number of aromatic nitrogens is 1. The summed E-state index contributed by atoms with van der Waals surface area (Å²) in [5, 5.41) is 3.84. The van der Waals surface area contributed by atoms with Crippen molar-refractivity contribution in [3.63, 3.8) is 0 Å². The zero-order chi connectivity index (χ0) is 22.0. The molecule has 1 amide bonds. The van der Waals surface area contributed by atoms with Gasteiger partial charge in [0.2, 0.25) is 5.91 Å². The highest BCUT2D eigenvalue weighted by atomic mass is 35.5. The van der Waals surface area contributed by atoms with Crippen LogP contribution < -0.4 is 5.32 Å². The summed E-state index contributed by atoms with van der Waals surface area (Å²) in [6.07, 6.45) is 1.46. The molecule has 0 fully saturated rings. The highest BCUT2D eigenvalue weighted by Crippen LogP contribution is 2.28. The van der Waals surface area contributed by atoms with Crippen molar-refractivity contribution in [2.45, 2.75) is 17.2 Å². The fourth-order valence-corrected chi connectivity index (χ4v) is 5.10. The topological polar surface area (TPSA) is 68.2 Å². The van der Waals surface area contributed by atoms with Gasteiger partial charge < -0.3 is 9.88 Å². The van der Waals surface area contributed by atoms with Crippen molar-refractivity contribution < 1.29 is 17.6 Å². The predicted molar refractivity (Wildman–Crippen MR) is 119 cm³/mol. The number of anilines is 1. The van der Waals surface area contributed by atoms with E-state index in [4.69, 9.17) is 11.6 Å². The Hall–Kier alpha value is -3.16. The fraction of sp³-hybridized carbons (Fsp3) is 0.0870. The van der Waals surface area contributed by atoms with Crippen molar-refractivity contribution >= 4 is 43.9 Å². The molecule has 0 spiro atoms. The van der Waals surface area contributed by atoms with Crippen molar-refractivity contribution in [3.05, 3.63) is 95.4 Å². The number of nitrogens with one attached hydrogen (secondary N) is 1. The fourth-order valence-electron chi connectivity index (χ4n) is 3.40. The minimum atomic E-state index is -3.77. The van der Waals surface area contributed by atoms with Gasteiger partial charge >= 0.3 is 0 Å². The number of rotatable bonds is 6. The van der Waals surface area contributed by atoms with E-state index in [-0.39, 0.29) is 23.1 Å². The van der Waals surface area contributed by atoms with Crippen LogP contribution in [-0.4, -0.2) is 18.9 Å². The molecule has 1 aromatic heterocycles. The zero-order valence-corrected chi connectivity index (χ0v) is 17.8. The Bertz CT molecular complexity index is 1370. The van der Waals surface area contributed by atoms with Crippen molar-refractivity contribution in [1.82, 2.24) is 4.57 Å². The minimum Gasteiger partial charge on any atom is -0.337 e. The standard InChI is InChI=1S/C23H18ClFN2O3S/c24-17-8-10-19(11-9-17)26-23(28)14-27-13-22(20-6-1-2-7-21(20)27)31(29,30)15-16-4-3-5-18(25)12-16/h1-13H,14-15H2,(H,26,28). The molecule has 4 aromatic rings. The molecule has 3 aromatic carbocycles. The Kier molecular flexibility index (Phi) is 5.80. The Morgan fingerprint density at radius 1 is 1.00 bits per heavy atom. The molecule has 0 atom stereocenters. The molecule has 31 heavy (non-hydrogen) atoms. The van der Waals surface area contributed by atoms with Crippen LogP contribution in [0.1, 0.15) is 5.56 Å². The quantitative estimate of drug-likeness (QED) is 0.441. The Labute approximate surface area is 184 Å². The number of amides is 1. The van der Waals surface area contributed by atoms with Crippen LogP contribution in [0.3, 0.4) is 0 Å². The highest BCUT2D eigenvalue weighted by molar-refractivity contribution is 7.90. The molecule has 0 aliphatic carbocycles. The van der Waals surface area contributed by atoms with E-state index in [1.165, 1.54) is 24.4 Å². The predicted octanol–water partition coefficient (Wildman–Crippen LogP) is 5.05. The largest absolute Gasteiger partial charge is 0.337 e. The van der Waals surface area contributed by atoms with Crippen LogP contribution in [0.15, 0.2) is 83.9 Å². The molecule has 0 saturated carbocycles. The molecule has 0 aliphatic heterocycles. The Morgan fingerprint density at radius 3 is 2.48 bits per heavy atom. The van der Waals surface area contributed by atoms with Gasteiger partial charge in [-0.2, -0.15) is 0 Å². The molecule has 0 radical (unpaired) electrons. The van der Waals surface area contributed by atoms with Crippen LogP contribution in [0, 0.1) is 5.82 Å². The number of benzene rings is 3. The molecule has 1 N–H and O–H groups in total. The first-order valence-electron chi connectivity index (χ1n) is 9.42. The van der Waals surface area contributed by atoms with Crippen LogP contribution in [0.5, 0.6) is 0 Å². The summed E-state index contributed by atoms with van der Waals surface area (Å²) in [6.45, 7) is -0.0708. The van der Waals surface area contributed by atoms with Gasteiger partial charge in [-0.15, -0.1) is 0 Å². The molecule has 5 nitrogen and oxygen atoms in total. The van der Waals surface area contributed by atoms with Crippen molar-refractivity contribution in [2.24, 2.45) is 0 Å². The second kappa shape index (κ2) is 8.53. The molecule has 4 rings (SSSR count). The first kappa shape index (κ1) is 21.1. The molecule has 0 unspecified atom stereocenters. The smallest absolute Gasteiger partial charge is 0.244 e. The van der Waals surface area contributed by atoms with E-state index in [2.05, 4.69) is 5.32 Å². The second-order valence-corrected chi connectivity index (χ2v) is 9.48. The number of carbonyl (C=O) groups excluding carboxylic acids is 1. The number of nitrogens with zero attached hydrogens (tertiary/aromatic N) is 1. The second-order valence-electron chi connectivity index (χ2n) is 7.08. The lowest BCUT2D eigenvalue weighted by molar-refractivity contribution is -0.116. The first-order chi connectivity index (χ1) is 14.8. The zero-order valence-electron chi connectivity index (χ0n) is 16.3.